The summed E-state index contributed by atoms with van der Waals surface area (Å²) in [5.41, 5.74) is 2.72. The molecule has 3 aromatic carbocycles. The molecule has 2 nitrogen and oxygen atoms in total. The Balaban J connectivity index is 2.10. The van der Waals surface area contributed by atoms with Gasteiger partial charge in [0.1, 0.15) is 11.6 Å². The van der Waals surface area contributed by atoms with Gasteiger partial charge in [-0.05, 0) is 28.7 Å². The third-order valence-electron chi connectivity index (χ3n) is 4.21. The SMILES string of the molecule is COc1ccc(C/C(=C\N(C)C)c2ccccc2F)c2ccccc12. The van der Waals surface area contributed by atoms with E-state index in [2.05, 4.69) is 18.2 Å². The van der Waals surface area contributed by atoms with Crippen molar-refractivity contribution in [3.63, 3.8) is 0 Å². The van der Waals surface area contributed by atoms with Crippen LogP contribution in [0, 0.1) is 5.82 Å². The third-order valence-corrected chi connectivity index (χ3v) is 4.21. The molecule has 0 radical (unpaired) electrons. The molecule has 25 heavy (non-hydrogen) atoms. The summed E-state index contributed by atoms with van der Waals surface area (Å²) in [6.07, 6.45) is 2.63. The van der Waals surface area contributed by atoms with E-state index in [-0.39, 0.29) is 5.82 Å². The van der Waals surface area contributed by atoms with Gasteiger partial charge in [-0.2, -0.15) is 0 Å². The lowest BCUT2D eigenvalue weighted by molar-refractivity contribution is 0.419. The Hall–Kier alpha value is -2.81. The van der Waals surface area contributed by atoms with Crippen molar-refractivity contribution in [2.24, 2.45) is 0 Å². The van der Waals surface area contributed by atoms with Crippen molar-refractivity contribution in [1.29, 1.82) is 0 Å². The van der Waals surface area contributed by atoms with Crippen LogP contribution >= 0.6 is 0 Å². The van der Waals surface area contributed by atoms with Crippen LogP contribution in [0.15, 0.2) is 66.9 Å². The van der Waals surface area contributed by atoms with Crippen molar-refractivity contribution in [1.82, 2.24) is 4.90 Å². The van der Waals surface area contributed by atoms with Crippen molar-refractivity contribution >= 4 is 16.3 Å². The lowest BCUT2D eigenvalue weighted by atomic mass is 9.94. The van der Waals surface area contributed by atoms with Crippen molar-refractivity contribution in [3.05, 3.63) is 83.8 Å². The van der Waals surface area contributed by atoms with Crippen molar-refractivity contribution in [2.45, 2.75) is 6.42 Å². The highest BCUT2D eigenvalue weighted by Crippen LogP contribution is 2.31. The molecule has 0 aliphatic rings. The van der Waals surface area contributed by atoms with Gasteiger partial charge in [-0.1, -0.05) is 48.5 Å². The summed E-state index contributed by atoms with van der Waals surface area (Å²) in [6.45, 7) is 0. The number of hydrogen-bond acceptors (Lipinski definition) is 2. The summed E-state index contributed by atoms with van der Waals surface area (Å²) < 4.78 is 19.8. The maximum absolute atomic E-state index is 14.3. The van der Waals surface area contributed by atoms with Gasteiger partial charge in [-0.15, -0.1) is 0 Å². The Morgan fingerprint density at radius 1 is 0.960 bits per heavy atom. The van der Waals surface area contributed by atoms with Crippen LogP contribution in [0.5, 0.6) is 5.75 Å². The Kier molecular flexibility index (Phi) is 5.03. The fraction of sp³-hybridized carbons (Fsp3) is 0.182. The molecule has 0 N–H and O–H groups in total. The van der Waals surface area contributed by atoms with E-state index in [9.17, 15) is 4.39 Å². The number of methoxy groups -OCH3 is 1. The molecule has 3 heteroatoms. The molecule has 0 amide bonds. The van der Waals surface area contributed by atoms with Crippen LogP contribution in [0.3, 0.4) is 0 Å². The maximum Gasteiger partial charge on any atom is 0.130 e. The number of hydrogen-bond donors (Lipinski definition) is 0. The average Bonchev–Trinajstić information content (AvgIpc) is 2.61. The highest BCUT2D eigenvalue weighted by atomic mass is 19.1. The summed E-state index contributed by atoms with van der Waals surface area (Å²) in [5.74, 6) is 0.650. The molecule has 3 aromatic rings. The Bertz CT molecular complexity index is 915. The average molecular weight is 335 g/mol. The number of fused-ring (bicyclic) bond motifs is 1. The third kappa shape index (κ3) is 3.66. The molecule has 0 aliphatic heterocycles. The van der Waals surface area contributed by atoms with Gasteiger partial charge in [0.15, 0.2) is 0 Å². The summed E-state index contributed by atoms with van der Waals surface area (Å²) in [6, 6.07) is 19.1. The molecule has 0 spiro atoms. The predicted octanol–water partition coefficient (Wildman–Crippen LogP) is 5.13. The van der Waals surface area contributed by atoms with E-state index in [0.29, 0.717) is 12.0 Å². The zero-order valence-electron chi connectivity index (χ0n) is 14.8. The molecule has 0 saturated heterocycles. The first kappa shape index (κ1) is 17.0. The molecule has 0 atom stereocenters. The van der Waals surface area contributed by atoms with Gasteiger partial charge < -0.3 is 9.64 Å². The van der Waals surface area contributed by atoms with E-state index in [4.69, 9.17) is 4.74 Å². The van der Waals surface area contributed by atoms with E-state index >= 15 is 0 Å². The predicted molar refractivity (Wildman–Crippen MR) is 102 cm³/mol. The fourth-order valence-corrected chi connectivity index (χ4v) is 3.11. The standard InChI is InChI=1S/C22H22FNO/c1-24(2)15-17(19-9-6-7-11-21(19)23)14-16-12-13-22(25-3)20-10-5-4-8-18(16)20/h4-13,15H,14H2,1-3H3/b17-15+. The van der Waals surface area contributed by atoms with E-state index in [0.717, 1.165) is 27.7 Å². The maximum atomic E-state index is 14.3. The molecule has 3 rings (SSSR count). The smallest absolute Gasteiger partial charge is 0.130 e. The number of rotatable bonds is 5. The first-order chi connectivity index (χ1) is 12.1. The van der Waals surface area contributed by atoms with Gasteiger partial charge in [-0.3, -0.25) is 0 Å². The minimum Gasteiger partial charge on any atom is -0.496 e. The Labute approximate surface area is 148 Å². The minimum atomic E-state index is -0.201. The van der Waals surface area contributed by atoms with Gasteiger partial charge in [-0.25, -0.2) is 4.39 Å². The molecule has 128 valence electrons. The normalized spacial score (nSPS) is 11.6. The van der Waals surface area contributed by atoms with Crippen LogP contribution in [-0.2, 0) is 6.42 Å². The number of ether oxygens (including phenoxy) is 1. The van der Waals surface area contributed by atoms with Crippen LogP contribution in [0.4, 0.5) is 4.39 Å². The van der Waals surface area contributed by atoms with Crippen LogP contribution < -0.4 is 4.74 Å². The molecule has 0 unspecified atom stereocenters. The minimum absolute atomic E-state index is 0.201. The van der Waals surface area contributed by atoms with Gasteiger partial charge in [0, 0.05) is 37.7 Å². The highest BCUT2D eigenvalue weighted by molar-refractivity contribution is 5.92. The van der Waals surface area contributed by atoms with Gasteiger partial charge in [0.25, 0.3) is 0 Å². The second-order valence-electron chi connectivity index (χ2n) is 6.25. The first-order valence-corrected chi connectivity index (χ1v) is 8.27. The lowest BCUT2D eigenvalue weighted by Gasteiger charge is -2.16. The molecule has 0 saturated carbocycles. The molecule has 0 fully saturated rings. The van der Waals surface area contributed by atoms with Crippen LogP contribution in [0.2, 0.25) is 0 Å². The van der Waals surface area contributed by atoms with Gasteiger partial charge in [0.2, 0.25) is 0 Å². The summed E-state index contributed by atoms with van der Waals surface area (Å²) in [7, 11) is 5.58. The Morgan fingerprint density at radius 2 is 1.64 bits per heavy atom. The molecule has 0 aliphatic carbocycles. The van der Waals surface area contributed by atoms with E-state index in [1.54, 1.807) is 13.2 Å². The quantitative estimate of drug-likeness (QED) is 0.641. The van der Waals surface area contributed by atoms with Crippen LogP contribution in [0.1, 0.15) is 11.1 Å². The zero-order chi connectivity index (χ0) is 17.8. The monoisotopic (exact) mass is 335 g/mol. The summed E-state index contributed by atoms with van der Waals surface area (Å²) >= 11 is 0. The fourth-order valence-electron chi connectivity index (χ4n) is 3.11. The first-order valence-electron chi connectivity index (χ1n) is 8.27. The van der Waals surface area contributed by atoms with Crippen molar-refractivity contribution in [2.75, 3.05) is 21.2 Å². The number of allylic oxidation sites excluding steroid dienone is 1. The second-order valence-corrected chi connectivity index (χ2v) is 6.25. The zero-order valence-corrected chi connectivity index (χ0v) is 14.8. The number of nitrogens with zero attached hydrogens (tertiary/aromatic N) is 1. The molecule has 0 heterocycles. The van der Waals surface area contributed by atoms with Gasteiger partial charge >= 0.3 is 0 Å². The largest absolute Gasteiger partial charge is 0.496 e. The van der Waals surface area contributed by atoms with Crippen LogP contribution in [-0.4, -0.2) is 26.1 Å². The molecule has 0 bridgehead atoms. The topological polar surface area (TPSA) is 12.5 Å². The summed E-state index contributed by atoms with van der Waals surface area (Å²) in [5, 5.41) is 2.20. The van der Waals surface area contributed by atoms with E-state index in [1.807, 2.05) is 55.5 Å². The highest BCUT2D eigenvalue weighted by Gasteiger charge is 2.12. The van der Waals surface area contributed by atoms with E-state index in [1.165, 1.54) is 6.07 Å². The second kappa shape index (κ2) is 7.39. The van der Waals surface area contributed by atoms with Crippen molar-refractivity contribution < 1.29 is 9.13 Å². The molecular formula is C22H22FNO. The number of benzene rings is 3. The molecular weight excluding hydrogens is 313 g/mol. The molecule has 0 aromatic heterocycles. The Morgan fingerprint density at radius 3 is 2.32 bits per heavy atom. The number of halogens is 1. The summed E-state index contributed by atoms with van der Waals surface area (Å²) in [4.78, 5) is 1.95. The van der Waals surface area contributed by atoms with E-state index < -0.39 is 0 Å². The van der Waals surface area contributed by atoms with Crippen molar-refractivity contribution in [3.8, 4) is 5.75 Å². The van der Waals surface area contributed by atoms with Crippen LogP contribution in [0.25, 0.3) is 16.3 Å². The lowest BCUT2D eigenvalue weighted by Crippen LogP contribution is -2.05. The van der Waals surface area contributed by atoms with Gasteiger partial charge in [0.05, 0.1) is 7.11 Å².